The number of likely N-dealkylation sites (tertiary alicyclic amines) is 1. The van der Waals surface area contributed by atoms with Gasteiger partial charge in [0.1, 0.15) is 0 Å². The van der Waals surface area contributed by atoms with Crippen molar-refractivity contribution in [2.45, 2.75) is 45.4 Å². The van der Waals surface area contributed by atoms with Crippen molar-refractivity contribution in [3.8, 4) is 0 Å². The van der Waals surface area contributed by atoms with Crippen molar-refractivity contribution in [3.05, 3.63) is 35.4 Å². The summed E-state index contributed by atoms with van der Waals surface area (Å²) in [5.41, 5.74) is 2.75. The highest BCUT2D eigenvalue weighted by molar-refractivity contribution is 5.78. The normalized spacial score (nSPS) is 25.5. The Morgan fingerprint density at radius 2 is 1.73 bits per heavy atom. The second-order valence-electron chi connectivity index (χ2n) is 9.27. The van der Waals surface area contributed by atoms with Crippen LogP contribution in [-0.2, 0) is 16.1 Å². The van der Waals surface area contributed by atoms with Crippen molar-refractivity contribution >= 4 is 5.91 Å². The van der Waals surface area contributed by atoms with Crippen LogP contribution in [0.5, 0.6) is 0 Å². The number of aryl methyl sites for hydroxylation is 1. The van der Waals surface area contributed by atoms with Gasteiger partial charge in [0.15, 0.2) is 0 Å². The number of piperazine rings is 1. The van der Waals surface area contributed by atoms with Crippen molar-refractivity contribution in [3.63, 3.8) is 0 Å². The molecule has 0 bridgehead atoms. The molecule has 1 aromatic rings. The molecule has 6 nitrogen and oxygen atoms in total. The summed E-state index contributed by atoms with van der Waals surface area (Å²) in [5, 5.41) is 0. The fourth-order valence-electron chi connectivity index (χ4n) is 5.09. The van der Waals surface area contributed by atoms with Crippen LogP contribution in [0.4, 0.5) is 0 Å². The van der Waals surface area contributed by atoms with Crippen LogP contribution in [0.1, 0.15) is 30.9 Å². The summed E-state index contributed by atoms with van der Waals surface area (Å²) in [5.74, 6) is 0.309. The van der Waals surface area contributed by atoms with Gasteiger partial charge < -0.3 is 9.64 Å². The Morgan fingerprint density at radius 1 is 1.00 bits per heavy atom. The summed E-state index contributed by atoms with van der Waals surface area (Å²) in [6, 6.07) is 9.27. The number of carbonyl (C=O) groups is 1. The van der Waals surface area contributed by atoms with E-state index in [0.29, 0.717) is 24.6 Å². The Morgan fingerprint density at radius 3 is 2.43 bits per heavy atom. The van der Waals surface area contributed by atoms with Crippen LogP contribution in [0.3, 0.4) is 0 Å². The highest BCUT2D eigenvalue weighted by Crippen LogP contribution is 2.20. The monoisotopic (exact) mass is 414 g/mol. The van der Waals surface area contributed by atoms with E-state index < -0.39 is 0 Å². The van der Waals surface area contributed by atoms with Gasteiger partial charge in [-0.3, -0.25) is 19.5 Å². The van der Waals surface area contributed by atoms with Gasteiger partial charge >= 0.3 is 0 Å². The quantitative estimate of drug-likeness (QED) is 0.735. The van der Waals surface area contributed by atoms with Gasteiger partial charge in [0.25, 0.3) is 0 Å². The summed E-state index contributed by atoms with van der Waals surface area (Å²) in [6.07, 6.45) is 2.69. The van der Waals surface area contributed by atoms with Gasteiger partial charge in [0, 0.05) is 64.9 Å². The van der Waals surface area contributed by atoms with Crippen LogP contribution in [0.15, 0.2) is 24.3 Å². The molecule has 3 aliphatic heterocycles. The molecule has 3 saturated heterocycles. The van der Waals surface area contributed by atoms with Crippen LogP contribution in [0.2, 0.25) is 0 Å². The van der Waals surface area contributed by atoms with Gasteiger partial charge in [-0.15, -0.1) is 0 Å². The van der Waals surface area contributed by atoms with Gasteiger partial charge in [-0.25, -0.2) is 0 Å². The molecule has 0 spiro atoms. The molecule has 1 atom stereocenters. The lowest BCUT2D eigenvalue weighted by Crippen LogP contribution is -2.54. The number of ether oxygens (including phenoxy) is 1. The molecule has 0 aromatic heterocycles. The molecule has 0 saturated carbocycles. The van der Waals surface area contributed by atoms with E-state index in [1.54, 1.807) is 0 Å². The van der Waals surface area contributed by atoms with Crippen LogP contribution < -0.4 is 0 Å². The predicted octanol–water partition coefficient (Wildman–Crippen LogP) is 1.82. The van der Waals surface area contributed by atoms with E-state index in [9.17, 15) is 4.79 Å². The smallest absolute Gasteiger partial charge is 0.236 e. The third kappa shape index (κ3) is 5.61. The van der Waals surface area contributed by atoms with Crippen LogP contribution >= 0.6 is 0 Å². The number of piperidine rings is 1. The summed E-state index contributed by atoms with van der Waals surface area (Å²) in [4.78, 5) is 22.4. The lowest BCUT2D eigenvalue weighted by Gasteiger charge is -2.42. The van der Waals surface area contributed by atoms with Crippen LogP contribution in [-0.4, -0.2) is 103 Å². The summed E-state index contributed by atoms with van der Waals surface area (Å²) >= 11 is 0. The lowest BCUT2D eigenvalue weighted by molar-refractivity contribution is -0.134. The third-order valence-electron chi connectivity index (χ3n) is 7.09. The highest BCUT2D eigenvalue weighted by atomic mass is 16.5. The largest absolute Gasteiger partial charge is 0.376 e. The number of rotatable bonds is 5. The first kappa shape index (κ1) is 21.8. The Kier molecular flexibility index (Phi) is 7.41. The number of nitrogens with zero attached hydrogens (tertiary/aromatic N) is 4. The second-order valence-corrected chi connectivity index (χ2v) is 9.27. The van der Waals surface area contributed by atoms with Gasteiger partial charge in [-0.05, 0) is 37.8 Å². The molecule has 3 aliphatic rings. The van der Waals surface area contributed by atoms with E-state index >= 15 is 0 Å². The average molecular weight is 415 g/mol. The highest BCUT2D eigenvalue weighted by Gasteiger charge is 2.29. The zero-order valence-electron chi connectivity index (χ0n) is 18.8. The van der Waals surface area contributed by atoms with E-state index in [1.165, 1.54) is 24.0 Å². The van der Waals surface area contributed by atoms with Crippen LogP contribution in [0.25, 0.3) is 0 Å². The molecule has 4 rings (SSSR count). The first-order valence-electron chi connectivity index (χ1n) is 11.7. The molecule has 1 aromatic carbocycles. The van der Waals surface area contributed by atoms with Gasteiger partial charge in [-0.1, -0.05) is 24.3 Å². The first-order valence-corrected chi connectivity index (χ1v) is 11.7. The molecule has 6 heteroatoms. The van der Waals surface area contributed by atoms with E-state index in [2.05, 4.69) is 57.7 Å². The minimum Gasteiger partial charge on any atom is -0.376 e. The predicted molar refractivity (Wildman–Crippen MR) is 119 cm³/mol. The van der Waals surface area contributed by atoms with Crippen molar-refractivity contribution < 1.29 is 9.53 Å². The summed E-state index contributed by atoms with van der Waals surface area (Å²) in [6.45, 7) is 14.6. The molecule has 0 radical (unpaired) electrons. The number of hydrogen-bond acceptors (Lipinski definition) is 5. The number of carbonyl (C=O) groups excluding carboxylic acids is 1. The Labute approximate surface area is 181 Å². The molecule has 0 N–H and O–H groups in total. The SMILES string of the molecule is Cc1ccccc1CN1CCN(C(=O)CN2CCC(N3CCOC(C)C3)CC2)CC1. The number of amides is 1. The minimum absolute atomic E-state index is 0.309. The summed E-state index contributed by atoms with van der Waals surface area (Å²) in [7, 11) is 0. The van der Waals surface area contributed by atoms with E-state index in [1.807, 2.05) is 0 Å². The Bertz CT molecular complexity index is 696. The number of hydrogen-bond donors (Lipinski definition) is 0. The molecule has 3 heterocycles. The van der Waals surface area contributed by atoms with Gasteiger partial charge in [0.05, 0.1) is 19.3 Å². The van der Waals surface area contributed by atoms with Crippen molar-refractivity contribution in [1.29, 1.82) is 0 Å². The molecule has 30 heavy (non-hydrogen) atoms. The number of morpholine rings is 1. The van der Waals surface area contributed by atoms with Crippen molar-refractivity contribution in [1.82, 2.24) is 19.6 Å². The molecule has 1 unspecified atom stereocenters. The molecular weight excluding hydrogens is 376 g/mol. The third-order valence-corrected chi connectivity index (χ3v) is 7.09. The van der Waals surface area contributed by atoms with E-state index in [4.69, 9.17) is 4.74 Å². The zero-order chi connectivity index (χ0) is 20.9. The topological polar surface area (TPSA) is 39.3 Å². The van der Waals surface area contributed by atoms with Gasteiger partial charge in [-0.2, -0.15) is 0 Å². The maximum atomic E-state index is 12.9. The molecule has 166 valence electrons. The number of benzene rings is 1. The maximum Gasteiger partial charge on any atom is 0.236 e. The molecule has 1 amide bonds. The van der Waals surface area contributed by atoms with Gasteiger partial charge in [0.2, 0.25) is 5.91 Å². The second kappa shape index (κ2) is 10.2. The molecular formula is C24H38N4O2. The Hall–Kier alpha value is -1.47. The maximum absolute atomic E-state index is 12.9. The fraction of sp³-hybridized carbons (Fsp3) is 0.708. The first-order chi connectivity index (χ1) is 14.6. The fourth-order valence-corrected chi connectivity index (χ4v) is 5.09. The van der Waals surface area contributed by atoms with E-state index in [0.717, 1.165) is 65.5 Å². The summed E-state index contributed by atoms with van der Waals surface area (Å²) < 4.78 is 5.68. The van der Waals surface area contributed by atoms with Crippen molar-refractivity contribution in [2.75, 3.05) is 65.5 Å². The van der Waals surface area contributed by atoms with E-state index in [-0.39, 0.29) is 0 Å². The average Bonchev–Trinajstić information content (AvgIpc) is 2.76. The van der Waals surface area contributed by atoms with Crippen LogP contribution in [0, 0.1) is 6.92 Å². The zero-order valence-corrected chi connectivity index (χ0v) is 18.8. The lowest BCUT2D eigenvalue weighted by atomic mass is 10.0. The Balaban J connectivity index is 1.17. The molecule has 0 aliphatic carbocycles. The van der Waals surface area contributed by atoms with Crippen molar-refractivity contribution in [2.24, 2.45) is 0 Å². The molecule has 3 fully saturated rings. The minimum atomic E-state index is 0.309. The standard InChI is InChI=1S/C24H38N4O2/c1-20-5-3-4-6-22(20)18-26-11-13-27(14-12-26)24(29)19-25-9-7-23(8-10-25)28-15-16-30-21(2)17-28/h3-6,21,23H,7-19H2,1-2H3.